The van der Waals surface area contributed by atoms with Crippen molar-refractivity contribution in [1.82, 2.24) is 19.7 Å². The summed E-state index contributed by atoms with van der Waals surface area (Å²) in [4.78, 5) is 9.91. The van der Waals surface area contributed by atoms with E-state index in [1.165, 1.54) is 0 Å². The van der Waals surface area contributed by atoms with Gasteiger partial charge in [0.05, 0.1) is 5.39 Å². The van der Waals surface area contributed by atoms with Gasteiger partial charge in [-0.15, -0.1) is 11.3 Å². The van der Waals surface area contributed by atoms with E-state index in [9.17, 15) is 0 Å². The Hall–Kier alpha value is -1.95. The van der Waals surface area contributed by atoms with Crippen molar-refractivity contribution in [3.8, 4) is 5.82 Å². The number of anilines is 1. The van der Waals surface area contributed by atoms with Crippen molar-refractivity contribution in [2.75, 3.05) is 11.9 Å². The molecule has 0 saturated carbocycles. The Balaban J connectivity index is 2.23. The Morgan fingerprint density at radius 2 is 2.35 bits per heavy atom. The van der Waals surface area contributed by atoms with E-state index in [1.807, 2.05) is 30.6 Å². The molecular weight excluding hydrogens is 234 g/mol. The van der Waals surface area contributed by atoms with Crippen LogP contribution in [-0.2, 0) is 0 Å². The Bertz CT molecular complexity index is 628. The van der Waals surface area contributed by atoms with E-state index < -0.39 is 0 Å². The summed E-state index contributed by atoms with van der Waals surface area (Å²) in [5.74, 6) is 1.46. The fourth-order valence-corrected chi connectivity index (χ4v) is 2.40. The molecule has 17 heavy (non-hydrogen) atoms. The van der Waals surface area contributed by atoms with Crippen LogP contribution in [0.15, 0.2) is 29.9 Å². The van der Waals surface area contributed by atoms with Crippen LogP contribution < -0.4 is 5.32 Å². The summed E-state index contributed by atoms with van der Waals surface area (Å²) < 4.78 is 1.76. The number of nitrogens with one attached hydrogen (secondary N) is 1. The highest BCUT2D eigenvalue weighted by Crippen LogP contribution is 2.24. The highest BCUT2D eigenvalue weighted by Gasteiger charge is 2.10. The van der Waals surface area contributed by atoms with Crippen LogP contribution in [0.1, 0.15) is 6.92 Å². The van der Waals surface area contributed by atoms with Gasteiger partial charge in [-0.25, -0.2) is 9.67 Å². The highest BCUT2D eigenvalue weighted by molar-refractivity contribution is 7.16. The average molecular weight is 245 g/mol. The molecule has 3 rings (SSSR count). The third kappa shape index (κ3) is 1.76. The van der Waals surface area contributed by atoms with Crippen molar-refractivity contribution >= 4 is 27.5 Å². The molecule has 0 bridgehead atoms. The normalized spacial score (nSPS) is 10.9. The van der Waals surface area contributed by atoms with E-state index in [-0.39, 0.29) is 0 Å². The van der Waals surface area contributed by atoms with E-state index in [2.05, 4.69) is 20.4 Å². The number of fused-ring (bicyclic) bond motifs is 1. The zero-order chi connectivity index (χ0) is 11.7. The van der Waals surface area contributed by atoms with Crippen molar-refractivity contribution in [2.24, 2.45) is 0 Å². The molecule has 0 aromatic carbocycles. The smallest absolute Gasteiger partial charge is 0.226 e. The number of nitrogens with zero attached hydrogens (tertiary/aromatic N) is 4. The molecule has 0 aliphatic rings. The van der Waals surface area contributed by atoms with Crippen molar-refractivity contribution in [3.05, 3.63) is 29.9 Å². The predicted molar refractivity (Wildman–Crippen MR) is 68.7 cm³/mol. The van der Waals surface area contributed by atoms with E-state index in [4.69, 9.17) is 0 Å². The Kier molecular flexibility index (Phi) is 2.49. The van der Waals surface area contributed by atoms with E-state index in [1.54, 1.807) is 22.2 Å². The standard InChI is InChI=1S/C11H11N5S/c1-2-12-11-14-9(16-6-3-5-13-16)8-4-7-17-10(8)15-11/h3-7H,2H2,1H3,(H,12,14,15). The lowest BCUT2D eigenvalue weighted by atomic mass is 10.4. The van der Waals surface area contributed by atoms with Crippen LogP contribution in [0.2, 0.25) is 0 Å². The lowest BCUT2D eigenvalue weighted by Crippen LogP contribution is -2.06. The molecule has 0 aliphatic carbocycles. The average Bonchev–Trinajstić information content (AvgIpc) is 2.99. The van der Waals surface area contributed by atoms with Crippen molar-refractivity contribution in [3.63, 3.8) is 0 Å². The maximum absolute atomic E-state index is 4.49. The molecule has 0 radical (unpaired) electrons. The van der Waals surface area contributed by atoms with E-state index in [0.717, 1.165) is 22.6 Å². The third-order valence-electron chi connectivity index (χ3n) is 2.36. The first kappa shape index (κ1) is 10.2. The highest BCUT2D eigenvalue weighted by atomic mass is 32.1. The molecule has 86 valence electrons. The maximum Gasteiger partial charge on any atom is 0.226 e. The van der Waals surface area contributed by atoms with Gasteiger partial charge in [0.25, 0.3) is 0 Å². The SMILES string of the molecule is CCNc1nc(-n2cccn2)c2ccsc2n1. The number of hydrogen-bond acceptors (Lipinski definition) is 5. The quantitative estimate of drug-likeness (QED) is 0.769. The fourth-order valence-electron chi connectivity index (χ4n) is 1.65. The molecule has 3 aromatic heterocycles. The van der Waals surface area contributed by atoms with Crippen molar-refractivity contribution in [2.45, 2.75) is 6.92 Å². The minimum atomic E-state index is 0.646. The molecule has 0 aliphatic heterocycles. The van der Waals surface area contributed by atoms with Crippen LogP contribution in [-0.4, -0.2) is 26.3 Å². The van der Waals surface area contributed by atoms with Gasteiger partial charge in [0.15, 0.2) is 5.82 Å². The first-order valence-electron chi connectivity index (χ1n) is 5.37. The molecule has 0 fully saturated rings. The molecule has 0 unspecified atom stereocenters. The van der Waals surface area contributed by atoms with Gasteiger partial charge in [0.2, 0.25) is 5.95 Å². The summed E-state index contributed by atoms with van der Waals surface area (Å²) in [5, 5.41) is 10.4. The minimum Gasteiger partial charge on any atom is -0.354 e. The largest absolute Gasteiger partial charge is 0.354 e. The second-order valence-electron chi connectivity index (χ2n) is 3.49. The van der Waals surface area contributed by atoms with Gasteiger partial charge >= 0.3 is 0 Å². The summed E-state index contributed by atoms with van der Waals surface area (Å²) in [6.07, 6.45) is 3.63. The summed E-state index contributed by atoms with van der Waals surface area (Å²) >= 11 is 1.61. The summed E-state index contributed by atoms with van der Waals surface area (Å²) in [6.45, 7) is 2.82. The first-order valence-corrected chi connectivity index (χ1v) is 6.25. The van der Waals surface area contributed by atoms with Gasteiger partial charge in [-0.3, -0.25) is 0 Å². The van der Waals surface area contributed by atoms with Crippen LogP contribution >= 0.6 is 11.3 Å². The van der Waals surface area contributed by atoms with E-state index in [0.29, 0.717) is 5.95 Å². The summed E-state index contributed by atoms with van der Waals surface area (Å²) in [7, 11) is 0. The topological polar surface area (TPSA) is 55.6 Å². The molecule has 1 N–H and O–H groups in total. The van der Waals surface area contributed by atoms with Gasteiger partial charge in [0, 0.05) is 18.9 Å². The van der Waals surface area contributed by atoms with Crippen LogP contribution in [0.4, 0.5) is 5.95 Å². The maximum atomic E-state index is 4.49. The van der Waals surface area contributed by atoms with Crippen molar-refractivity contribution in [1.29, 1.82) is 0 Å². The second-order valence-corrected chi connectivity index (χ2v) is 4.39. The zero-order valence-electron chi connectivity index (χ0n) is 9.29. The lowest BCUT2D eigenvalue weighted by molar-refractivity contribution is 0.851. The van der Waals surface area contributed by atoms with Gasteiger partial charge in [-0.1, -0.05) is 0 Å². The molecule has 6 heteroatoms. The van der Waals surface area contributed by atoms with Crippen LogP contribution in [0.25, 0.3) is 16.0 Å². The summed E-state index contributed by atoms with van der Waals surface area (Å²) in [5.41, 5.74) is 0. The molecule has 3 aromatic rings. The van der Waals surface area contributed by atoms with Gasteiger partial charge in [-0.05, 0) is 24.4 Å². The second kappa shape index (κ2) is 4.14. The molecule has 3 heterocycles. The number of thiophene rings is 1. The minimum absolute atomic E-state index is 0.646. The predicted octanol–water partition coefficient (Wildman–Crippen LogP) is 2.31. The number of rotatable bonds is 3. The molecule has 0 amide bonds. The first-order chi connectivity index (χ1) is 8.38. The number of hydrogen-bond donors (Lipinski definition) is 1. The van der Waals surface area contributed by atoms with Gasteiger partial charge < -0.3 is 5.32 Å². The third-order valence-corrected chi connectivity index (χ3v) is 3.17. The zero-order valence-corrected chi connectivity index (χ0v) is 10.1. The Morgan fingerprint density at radius 3 is 3.12 bits per heavy atom. The monoisotopic (exact) mass is 245 g/mol. The van der Waals surface area contributed by atoms with Crippen LogP contribution in [0, 0.1) is 0 Å². The molecule has 0 saturated heterocycles. The van der Waals surface area contributed by atoms with Crippen molar-refractivity contribution < 1.29 is 0 Å². The van der Waals surface area contributed by atoms with Gasteiger partial charge in [0.1, 0.15) is 4.83 Å². The molecular formula is C11H11N5S. The molecule has 5 nitrogen and oxygen atoms in total. The fraction of sp³-hybridized carbons (Fsp3) is 0.182. The number of aromatic nitrogens is 4. The summed E-state index contributed by atoms with van der Waals surface area (Å²) in [6, 6.07) is 3.90. The van der Waals surface area contributed by atoms with E-state index >= 15 is 0 Å². The molecule has 0 atom stereocenters. The Morgan fingerprint density at radius 1 is 1.41 bits per heavy atom. The van der Waals surface area contributed by atoms with Crippen LogP contribution in [0.5, 0.6) is 0 Å². The Labute approximate surface area is 102 Å². The van der Waals surface area contributed by atoms with Gasteiger partial charge in [-0.2, -0.15) is 10.1 Å². The lowest BCUT2D eigenvalue weighted by Gasteiger charge is -2.06. The molecule has 0 spiro atoms. The van der Waals surface area contributed by atoms with Crippen LogP contribution in [0.3, 0.4) is 0 Å².